The van der Waals surface area contributed by atoms with Crippen LogP contribution in [0.4, 0.5) is 0 Å². The summed E-state index contributed by atoms with van der Waals surface area (Å²) < 4.78 is 0. The number of hydrogen-bond donors (Lipinski definition) is 7. The van der Waals surface area contributed by atoms with Crippen LogP contribution in [0.5, 0.6) is 0 Å². The molecule has 0 saturated heterocycles. The highest BCUT2D eigenvalue weighted by molar-refractivity contribution is 5.94. The third kappa shape index (κ3) is 8.05. The smallest absolute Gasteiger partial charge is 0.328 e. The zero-order chi connectivity index (χ0) is 18.9. The van der Waals surface area contributed by atoms with Gasteiger partial charge in [0, 0.05) is 6.42 Å². The molecule has 0 unspecified atom stereocenters. The molecular weight excluding hydrogens is 328 g/mol. The van der Waals surface area contributed by atoms with Gasteiger partial charge >= 0.3 is 11.9 Å². The van der Waals surface area contributed by atoms with Gasteiger partial charge in [0.15, 0.2) is 0 Å². The number of carboxylic acid groups (broad SMARTS) is 2. The summed E-state index contributed by atoms with van der Waals surface area (Å²) >= 11 is 0. The van der Waals surface area contributed by atoms with Crippen LogP contribution in [0, 0.1) is 0 Å². The van der Waals surface area contributed by atoms with Crippen molar-refractivity contribution in [1.82, 2.24) is 10.6 Å². The van der Waals surface area contributed by atoms with Gasteiger partial charge in [0.1, 0.15) is 12.1 Å². The van der Waals surface area contributed by atoms with Crippen LogP contribution >= 0.6 is 0 Å². The maximum absolute atomic E-state index is 11.9. The Bertz CT molecular complexity index is 509. The van der Waals surface area contributed by atoms with E-state index in [-0.39, 0.29) is 12.8 Å². The van der Waals surface area contributed by atoms with E-state index in [1.54, 1.807) is 0 Å². The molecule has 24 heavy (non-hydrogen) atoms. The molecule has 12 nitrogen and oxygen atoms in total. The summed E-state index contributed by atoms with van der Waals surface area (Å²) in [5, 5.41) is 30.1. The molecule has 0 radical (unpaired) electrons. The van der Waals surface area contributed by atoms with Crippen molar-refractivity contribution >= 4 is 29.7 Å². The van der Waals surface area contributed by atoms with E-state index in [0.717, 1.165) is 0 Å². The molecule has 12 heteroatoms. The van der Waals surface area contributed by atoms with Crippen LogP contribution in [-0.2, 0) is 24.0 Å². The summed E-state index contributed by atoms with van der Waals surface area (Å²) in [7, 11) is 0. The monoisotopic (exact) mass is 348 g/mol. The Kier molecular flexibility index (Phi) is 8.97. The molecule has 0 aromatic heterocycles. The van der Waals surface area contributed by atoms with Crippen LogP contribution in [0.3, 0.4) is 0 Å². The number of primary amides is 1. The van der Waals surface area contributed by atoms with Gasteiger partial charge in [0.25, 0.3) is 0 Å². The van der Waals surface area contributed by atoms with Gasteiger partial charge in [-0.05, 0) is 6.42 Å². The average Bonchev–Trinajstić information content (AvgIpc) is 2.48. The Hall–Kier alpha value is -2.73. The topological polar surface area (TPSA) is 222 Å². The number of carbonyl (C=O) groups excluding carboxylic acids is 3. The number of amides is 3. The molecule has 0 aliphatic carbocycles. The first-order valence-electron chi connectivity index (χ1n) is 6.78. The van der Waals surface area contributed by atoms with Crippen molar-refractivity contribution in [2.45, 2.75) is 37.4 Å². The first-order valence-corrected chi connectivity index (χ1v) is 6.78. The predicted octanol–water partition coefficient (Wildman–Crippen LogP) is -3.90. The van der Waals surface area contributed by atoms with Gasteiger partial charge in [-0.25, -0.2) is 4.79 Å². The highest BCUT2D eigenvalue weighted by Crippen LogP contribution is 1.99. The Morgan fingerprint density at radius 1 is 0.958 bits per heavy atom. The van der Waals surface area contributed by atoms with Gasteiger partial charge in [-0.3, -0.25) is 19.2 Å². The van der Waals surface area contributed by atoms with Crippen molar-refractivity contribution in [3.63, 3.8) is 0 Å². The van der Waals surface area contributed by atoms with Gasteiger partial charge < -0.3 is 37.4 Å². The molecule has 0 spiro atoms. The molecule has 0 heterocycles. The van der Waals surface area contributed by atoms with E-state index in [4.69, 9.17) is 26.8 Å². The number of aliphatic carboxylic acids is 2. The highest BCUT2D eigenvalue weighted by Gasteiger charge is 2.28. The van der Waals surface area contributed by atoms with Crippen molar-refractivity contribution in [3.8, 4) is 0 Å². The summed E-state index contributed by atoms with van der Waals surface area (Å²) in [6.07, 6.45) is -1.23. The summed E-state index contributed by atoms with van der Waals surface area (Å²) in [6.45, 7) is -0.906. The highest BCUT2D eigenvalue weighted by atomic mass is 16.4. The molecule has 0 rings (SSSR count). The largest absolute Gasteiger partial charge is 0.481 e. The van der Waals surface area contributed by atoms with E-state index in [9.17, 15) is 24.0 Å². The van der Waals surface area contributed by atoms with Crippen molar-refractivity contribution < 1.29 is 39.3 Å². The average molecular weight is 348 g/mol. The minimum atomic E-state index is -1.63. The molecule has 0 aliphatic rings. The molecular formula is C12H20N4O8. The molecule has 9 N–H and O–H groups in total. The predicted molar refractivity (Wildman–Crippen MR) is 77.2 cm³/mol. The van der Waals surface area contributed by atoms with Gasteiger partial charge in [-0.1, -0.05) is 0 Å². The number of aliphatic hydroxyl groups is 1. The van der Waals surface area contributed by atoms with Gasteiger partial charge in [-0.2, -0.15) is 0 Å². The number of hydrogen-bond acceptors (Lipinski definition) is 7. The van der Waals surface area contributed by atoms with Crippen LogP contribution < -0.4 is 22.1 Å². The van der Waals surface area contributed by atoms with E-state index >= 15 is 0 Å². The van der Waals surface area contributed by atoms with Crippen molar-refractivity contribution in [2.24, 2.45) is 11.5 Å². The number of rotatable bonds is 11. The maximum atomic E-state index is 11.9. The zero-order valence-electron chi connectivity index (χ0n) is 12.6. The van der Waals surface area contributed by atoms with E-state index in [2.05, 4.69) is 5.32 Å². The van der Waals surface area contributed by atoms with Gasteiger partial charge in [0.2, 0.25) is 17.7 Å². The van der Waals surface area contributed by atoms with Crippen LogP contribution in [-0.4, -0.2) is 69.7 Å². The van der Waals surface area contributed by atoms with Crippen LogP contribution in [0.2, 0.25) is 0 Å². The second-order valence-electron chi connectivity index (χ2n) is 4.85. The maximum Gasteiger partial charge on any atom is 0.328 e. The first-order chi connectivity index (χ1) is 11.1. The lowest BCUT2D eigenvalue weighted by atomic mass is 10.1. The van der Waals surface area contributed by atoms with Crippen molar-refractivity contribution in [3.05, 3.63) is 0 Å². The lowest BCUT2D eigenvalue weighted by molar-refractivity contribution is -0.143. The summed E-state index contributed by atoms with van der Waals surface area (Å²) in [6, 6.07) is -4.40. The van der Waals surface area contributed by atoms with E-state index in [1.807, 2.05) is 5.32 Å². The van der Waals surface area contributed by atoms with E-state index in [1.165, 1.54) is 0 Å². The number of nitrogens with one attached hydrogen (secondary N) is 2. The number of aliphatic hydroxyl groups excluding tert-OH is 1. The summed E-state index contributed by atoms with van der Waals surface area (Å²) in [4.78, 5) is 55.9. The second-order valence-corrected chi connectivity index (χ2v) is 4.85. The molecule has 0 saturated carbocycles. The molecule has 0 aromatic rings. The van der Waals surface area contributed by atoms with Crippen LogP contribution in [0.1, 0.15) is 19.3 Å². The summed E-state index contributed by atoms with van der Waals surface area (Å²) in [5.41, 5.74) is 10.4. The van der Waals surface area contributed by atoms with Crippen molar-refractivity contribution in [2.75, 3.05) is 6.61 Å². The zero-order valence-corrected chi connectivity index (χ0v) is 12.6. The lowest BCUT2D eigenvalue weighted by Gasteiger charge is -2.21. The van der Waals surface area contributed by atoms with Gasteiger partial charge in [-0.15, -0.1) is 0 Å². The molecule has 136 valence electrons. The Morgan fingerprint density at radius 2 is 1.50 bits per heavy atom. The second kappa shape index (κ2) is 10.1. The lowest BCUT2D eigenvalue weighted by Crippen LogP contribution is -2.56. The molecule has 0 fully saturated rings. The number of carboxylic acids is 2. The molecule has 0 bridgehead atoms. The fourth-order valence-electron chi connectivity index (χ4n) is 1.56. The molecule has 0 aromatic carbocycles. The third-order valence-corrected chi connectivity index (χ3v) is 2.84. The third-order valence-electron chi connectivity index (χ3n) is 2.84. The minimum absolute atomic E-state index is 0.208. The molecule has 0 aliphatic heterocycles. The van der Waals surface area contributed by atoms with E-state index < -0.39 is 60.8 Å². The quantitative estimate of drug-likeness (QED) is 0.193. The molecule has 3 atom stereocenters. The van der Waals surface area contributed by atoms with E-state index in [0.29, 0.717) is 0 Å². The fraction of sp³-hybridized carbons (Fsp3) is 0.583. The number of nitrogens with two attached hydrogens (primary N) is 2. The SMILES string of the molecule is NC(=O)C[C@H](NC(=O)[C@@H](N)CCC(=O)O)C(=O)N[C@@H](CO)C(=O)O. The molecule has 3 amide bonds. The Balaban J connectivity index is 4.90. The van der Waals surface area contributed by atoms with Gasteiger partial charge in [0.05, 0.1) is 19.1 Å². The fourth-order valence-corrected chi connectivity index (χ4v) is 1.56. The normalized spacial score (nSPS) is 14.1. The number of carbonyl (C=O) groups is 5. The standard InChI is InChI=1S/C12H20N4O8/c13-5(1-2-9(19)20)10(21)15-6(3-8(14)18)11(22)16-7(4-17)12(23)24/h5-7,17H,1-4,13H2,(H2,14,18)(H,15,21)(H,16,22)(H,19,20)(H,23,24)/t5-,6-,7-/m0/s1. The first kappa shape index (κ1) is 21.3. The Morgan fingerprint density at radius 3 is 1.92 bits per heavy atom. The Labute approximate surface area is 136 Å². The minimum Gasteiger partial charge on any atom is -0.481 e. The van der Waals surface area contributed by atoms with Crippen LogP contribution in [0.25, 0.3) is 0 Å². The van der Waals surface area contributed by atoms with Crippen molar-refractivity contribution in [1.29, 1.82) is 0 Å². The van der Waals surface area contributed by atoms with Crippen LogP contribution in [0.15, 0.2) is 0 Å². The summed E-state index contributed by atoms with van der Waals surface area (Å²) in [5.74, 6) is -5.61.